The lowest BCUT2D eigenvalue weighted by Crippen LogP contribution is -2.48. The molecule has 2 rings (SSSR count). The number of amides is 1. The zero-order chi connectivity index (χ0) is 15.5. The number of oxime groups is 1. The minimum atomic E-state index is -0.825. The monoisotopic (exact) mass is 289 g/mol. The van der Waals surface area contributed by atoms with Crippen LogP contribution >= 0.6 is 0 Å². The third-order valence-corrected chi connectivity index (χ3v) is 4.35. The van der Waals surface area contributed by atoms with Gasteiger partial charge in [0.2, 0.25) is 5.91 Å². The molecule has 1 fully saturated rings. The van der Waals surface area contributed by atoms with E-state index in [2.05, 4.69) is 5.16 Å². The van der Waals surface area contributed by atoms with E-state index in [1.807, 2.05) is 31.2 Å². The highest BCUT2D eigenvalue weighted by Crippen LogP contribution is 2.40. The molecule has 114 valence electrons. The lowest BCUT2D eigenvalue weighted by molar-refractivity contribution is -0.137. The molecule has 0 spiro atoms. The normalized spacial score (nSPS) is 17.7. The van der Waals surface area contributed by atoms with Crippen LogP contribution in [0.4, 0.5) is 0 Å². The van der Waals surface area contributed by atoms with Crippen LogP contribution in [0, 0.1) is 12.3 Å². The van der Waals surface area contributed by atoms with Gasteiger partial charge in [-0.05, 0) is 25.3 Å². The molecular formula is C16H23N3O2. The van der Waals surface area contributed by atoms with Crippen molar-refractivity contribution in [3.63, 3.8) is 0 Å². The number of rotatable bonds is 4. The van der Waals surface area contributed by atoms with Crippen molar-refractivity contribution in [1.82, 2.24) is 4.90 Å². The summed E-state index contributed by atoms with van der Waals surface area (Å²) >= 11 is 0. The zero-order valence-corrected chi connectivity index (χ0v) is 12.7. The van der Waals surface area contributed by atoms with Gasteiger partial charge in [0, 0.05) is 13.6 Å². The van der Waals surface area contributed by atoms with Crippen LogP contribution in [0.25, 0.3) is 0 Å². The molecule has 0 aliphatic heterocycles. The number of nitrogens with zero attached hydrogens (tertiary/aromatic N) is 2. The molecule has 5 heteroatoms. The van der Waals surface area contributed by atoms with Crippen LogP contribution in [0.2, 0.25) is 0 Å². The molecule has 1 aliphatic rings. The maximum Gasteiger partial charge on any atom is 0.236 e. The molecule has 21 heavy (non-hydrogen) atoms. The average molecular weight is 289 g/mol. The molecule has 0 atom stereocenters. The molecule has 0 aromatic heterocycles. The fraction of sp³-hybridized carbons (Fsp3) is 0.500. The lowest BCUT2D eigenvalue weighted by Gasteiger charge is -2.31. The van der Waals surface area contributed by atoms with Crippen molar-refractivity contribution in [2.45, 2.75) is 39.2 Å². The number of hydrogen-bond donors (Lipinski definition) is 2. The van der Waals surface area contributed by atoms with E-state index in [0.29, 0.717) is 19.4 Å². The van der Waals surface area contributed by atoms with Crippen molar-refractivity contribution in [3.05, 3.63) is 35.4 Å². The van der Waals surface area contributed by atoms with Gasteiger partial charge in [-0.25, -0.2) is 0 Å². The van der Waals surface area contributed by atoms with Crippen LogP contribution in [0.3, 0.4) is 0 Å². The minimum absolute atomic E-state index is 0.0424. The first-order valence-electron chi connectivity index (χ1n) is 7.29. The Hall–Kier alpha value is -2.04. The van der Waals surface area contributed by atoms with Gasteiger partial charge in [-0.2, -0.15) is 0 Å². The Morgan fingerprint density at radius 1 is 1.33 bits per heavy atom. The fourth-order valence-corrected chi connectivity index (χ4v) is 3.06. The van der Waals surface area contributed by atoms with Gasteiger partial charge in [0.15, 0.2) is 5.84 Å². The van der Waals surface area contributed by atoms with Crippen LogP contribution in [0.1, 0.15) is 36.8 Å². The molecule has 1 aliphatic carbocycles. The first-order chi connectivity index (χ1) is 9.99. The van der Waals surface area contributed by atoms with E-state index in [-0.39, 0.29) is 11.7 Å². The van der Waals surface area contributed by atoms with Gasteiger partial charge >= 0.3 is 0 Å². The summed E-state index contributed by atoms with van der Waals surface area (Å²) in [5.74, 6) is -0.0170. The van der Waals surface area contributed by atoms with Crippen molar-refractivity contribution >= 4 is 11.7 Å². The maximum absolute atomic E-state index is 12.8. The summed E-state index contributed by atoms with van der Waals surface area (Å²) in [6.07, 6.45) is 3.17. The van der Waals surface area contributed by atoms with Crippen LogP contribution < -0.4 is 5.73 Å². The van der Waals surface area contributed by atoms with E-state index in [1.54, 1.807) is 11.9 Å². The second-order valence-corrected chi connectivity index (χ2v) is 5.92. The quantitative estimate of drug-likeness (QED) is 0.386. The molecule has 1 saturated carbocycles. The molecule has 1 aromatic carbocycles. The van der Waals surface area contributed by atoms with Crippen molar-refractivity contribution < 1.29 is 10.0 Å². The van der Waals surface area contributed by atoms with Crippen LogP contribution in [0.5, 0.6) is 0 Å². The minimum Gasteiger partial charge on any atom is -0.409 e. The molecular weight excluding hydrogens is 266 g/mol. The van der Waals surface area contributed by atoms with Gasteiger partial charge in [0.25, 0.3) is 0 Å². The largest absolute Gasteiger partial charge is 0.409 e. The molecule has 0 heterocycles. The van der Waals surface area contributed by atoms with E-state index >= 15 is 0 Å². The van der Waals surface area contributed by atoms with Crippen LogP contribution in [-0.2, 0) is 11.3 Å². The predicted octanol–water partition coefficient (Wildman–Crippen LogP) is 2.26. The molecule has 3 N–H and O–H groups in total. The number of amidine groups is 1. The van der Waals surface area contributed by atoms with Gasteiger partial charge in [-0.3, -0.25) is 4.79 Å². The van der Waals surface area contributed by atoms with Gasteiger partial charge < -0.3 is 15.8 Å². The van der Waals surface area contributed by atoms with Gasteiger partial charge in [-0.15, -0.1) is 0 Å². The number of carbonyl (C=O) groups excluding carboxylic acids is 1. The van der Waals surface area contributed by atoms with E-state index in [4.69, 9.17) is 10.9 Å². The molecule has 0 unspecified atom stereocenters. The Labute approximate surface area is 125 Å². The zero-order valence-electron chi connectivity index (χ0n) is 12.7. The fourth-order valence-electron chi connectivity index (χ4n) is 3.06. The summed E-state index contributed by atoms with van der Waals surface area (Å²) in [5.41, 5.74) is 7.26. The van der Waals surface area contributed by atoms with E-state index in [9.17, 15) is 4.79 Å². The standard InChI is InChI=1S/C16H23N3O2/c1-12-5-7-13(8-6-12)11-19(2)15(20)16(14(17)18-21)9-3-4-10-16/h5-8,21H,3-4,9-11H2,1-2H3,(H2,17,18). The lowest BCUT2D eigenvalue weighted by atomic mass is 9.83. The topological polar surface area (TPSA) is 78.9 Å². The van der Waals surface area contributed by atoms with Crippen molar-refractivity contribution in [1.29, 1.82) is 0 Å². The first-order valence-corrected chi connectivity index (χ1v) is 7.29. The summed E-state index contributed by atoms with van der Waals surface area (Å²) < 4.78 is 0. The second-order valence-electron chi connectivity index (χ2n) is 5.92. The smallest absolute Gasteiger partial charge is 0.236 e. The third-order valence-electron chi connectivity index (χ3n) is 4.35. The SMILES string of the molecule is Cc1ccc(CN(C)C(=O)C2(C(N)=NO)CCCC2)cc1. The molecule has 0 bridgehead atoms. The highest BCUT2D eigenvalue weighted by molar-refractivity contribution is 6.06. The second kappa shape index (κ2) is 6.16. The van der Waals surface area contributed by atoms with E-state index in [1.165, 1.54) is 5.56 Å². The number of aryl methyl sites for hydroxylation is 1. The van der Waals surface area contributed by atoms with Gasteiger partial charge in [0.1, 0.15) is 5.41 Å². The summed E-state index contributed by atoms with van der Waals surface area (Å²) in [4.78, 5) is 14.5. The van der Waals surface area contributed by atoms with E-state index in [0.717, 1.165) is 18.4 Å². The van der Waals surface area contributed by atoms with Crippen LogP contribution in [0.15, 0.2) is 29.4 Å². The van der Waals surface area contributed by atoms with Crippen molar-refractivity contribution in [2.24, 2.45) is 16.3 Å². The molecule has 5 nitrogen and oxygen atoms in total. The highest BCUT2D eigenvalue weighted by atomic mass is 16.4. The first kappa shape index (κ1) is 15.4. The Morgan fingerprint density at radius 3 is 2.43 bits per heavy atom. The van der Waals surface area contributed by atoms with Crippen molar-refractivity contribution in [3.8, 4) is 0 Å². The van der Waals surface area contributed by atoms with Gasteiger partial charge in [-0.1, -0.05) is 47.8 Å². The molecule has 0 saturated heterocycles. The maximum atomic E-state index is 12.8. The molecule has 1 aromatic rings. The Bertz CT molecular complexity index is 531. The number of carbonyl (C=O) groups is 1. The van der Waals surface area contributed by atoms with Gasteiger partial charge in [0.05, 0.1) is 0 Å². The Morgan fingerprint density at radius 2 is 1.90 bits per heavy atom. The molecule has 1 amide bonds. The summed E-state index contributed by atoms with van der Waals surface area (Å²) in [7, 11) is 1.77. The Kier molecular flexibility index (Phi) is 4.50. The van der Waals surface area contributed by atoms with E-state index < -0.39 is 5.41 Å². The third kappa shape index (κ3) is 3.01. The number of hydrogen-bond acceptors (Lipinski definition) is 3. The molecule has 0 radical (unpaired) electrons. The summed E-state index contributed by atoms with van der Waals surface area (Å²) in [6, 6.07) is 8.10. The highest BCUT2D eigenvalue weighted by Gasteiger charge is 2.46. The number of nitrogens with two attached hydrogens (primary N) is 1. The van der Waals surface area contributed by atoms with Crippen LogP contribution in [-0.4, -0.2) is 28.9 Å². The Balaban J connectivity index is 2.15. The summed E-state index contributed by atoms with van der Waals surface area (Å²) in [5, 5.41) is 12.1. The summed E-state index contributed by atoms with van der Waals surface area (Å²) in [6.45, 7) is 2.56. The predicted molar refractivity (Wildman–Crippen MR) is 82.0 cm³/mol. The number of benzene rings is 1. The average Bonchev–Trinajstić information content (AvgIpc) is 2.98. The van der Waals surface area contributed by atoms with Crippen molar-refractivity contribution in [2.75, 3.05) is 7.05 Å².